The molecule has 1 heterocycles. The number of benzene rings is 2. The van der Waals surface area contributed by atoms with E-state index in [1.165, 1.54) is 10.4 Å². The van der Waals surface area contributed by atoms with Crippen LogP contribution in [0.1, 0.15) is 48.0 Å². The van der Waals surface area contributed by atoms with Gasteiger partial charge in [-0.15, -0.1) is 0 Å². The molecule has 1 atom stereocenters. The smallest absolute Gasteiger partial charge is 0.414 e. The quantitative estimate of drug-likeness (QED) is 0.366. The molecule has 1 aliphatic heterocycles. The van der Waals surface area contributed by atoms with Gasteiger partial charge in [0, 0.05) is 13.7 Å². The molecular weight excluding hydrogens is 470 g/mol. The summed E-state index contributed by atoms with van der Waals surface area (Å²) < 4.78 is 23.4. The number of amides is 1. The molecule has 1 amide bonds. The first-order chi connectivity index (χ1) is 17.0. The van der Waals surface area contributed by atoms with Crippen LogP contribution < -0.4 is 10.4 Å². The van der Waals surface area contributed by atoms with Gasteiger partial charge in [-0.2, -0.15) is 0 Å². The van der Waals surface area contributed by atoms with E-state index in [0.29, 0.717) is 25.0 Å². The second-order valence-electron chi connectivity index (χ2n) is 11.2. The summed E-state index contributed by atoms with van der Waals surface area (Å²) in [5.74, 6) is 0.622. The fourth-order valence-electron chi connectivity index (χ4n) is 4.66. The molecule has 0 aliphatic carbocycles. The van der Waals surface area contributed by atoms with Crippen LogP contribution in [-0.4, -0.2) is 57.4 Å². The molecule has 0 bridgehead atoms. The van der Waals surface area contributed by atoms with E-state index < -0.39 is 13.7 Å². The highest BCUT2D eigenvalue weighted by Gasteiger charge is 2.49. The van der Waals surface area contributed by atoms with Gasteiger partial charge >= 0.3 is 6.09 Å². The van der Waals surface area contributed by atoms with Gasteiger partial charge in [-0.25, -0.2) is 4.79 Å². The van der Waals surface area contributed by atoms with Gasteiger partial charge in [0.05, 0.1) is 12.4 Å². The van der Waals surface area contributed by atoms with Crippen molar-refractivity contribution in [3.05, 3.63) is 72.6 Å². The van der Waals surface area contributed by atoms with E-state index >= 15 is 0 Å². The van der Waals surface area contributed by atoms with Gasteiger partial charge in [0.1, 0.15) is 24.3 Å². The predicted octanol–water partition coefficient (Wildman–Crippen LogP) is 5.08. The average Bonchev–Trinajstić information content (AvgIpc) is 2.83. The Kier molecular flexibility index (Phi) is 9.03. The number of ether oxygens (including phenoxy) is 4. The molecule has 1 unspecified atom stereocenters. The van der Waals surface area contributed by atoms with Crippen molar-refractivity contribution in [1.29, 1.82) is 0 Å². The maximum absolute atomic E-state index is 12.8. The summed E-state index contributed by atoms with van der Waals surface area (Å²) in [4.78, 5) is 14.4. The third kappa shape index (κ3) is 6.58. The van der Waals surface area contributed by atoms with Crippen molar-refractivity contribution in [1.82, 2.24) is 4.90 Å². The molecule has 7 heteroatoms. The summed E-state index contributed by atoms with van der Waals surface area (Å²) in [6.07, 6.45) is 2.15. The third-order valence-electron chi connectivity index (χ3n) is 6.52. The minimum Gasteiger partial charge on any atom is -0.496 e. The molecule has 0 N–H and O–H groups in total. The van der Waals surface area contributed by atoms with E-state index in [2.05, 4.69) is 69.3 Å². The Morgan fingerprint density at radius 3 is 1.97 bits per heavy atom. The van der Waals surface area contributed by atoms with Gasteiger partial charge in [-0.1, -0.05) is 81.4 Å². The Morgan fingerprint density at radius 1 is 0.944 bits per heavy atom. The summed E-state index contributed by atoms with van der Waals surface area (Å²) >= 11 is 0. The summed E-state index contributed by atoms with van der Waals surface area (Å²) in [5.41, 5.74) is -0.579. The Labute approximate surface area is 217 Å². The van der Waals surface area contributed by atoms with Crippen LogP contribution in [0.2, 0.25) is 5.04 Å². The van der Waals surface area contributed by atoms with Crippen molar-refractivity contribution in [2.45, 2.75) is 64.7 Å². The first-order valence-electron chi connectivity index (χ1n) is 12.5. The van der Waals surface area contributed by atoms with E-state index in [1.54, 1.807) is 18.2 Å². The zero-order valence-electron chi connectivity index (χ0n) is 22.7. The molecule has 6 nitrogen and oxygen atoms in total. The lowest BCUT2D eigenvalue weighted by atomic mass is 10.1. The molecular formula is C29H41NO5Si. The van der Waals surface area contributed by atoms with Crippen LogP contribution in [0.4, 0.5) is 4.79 Å². The molecule has 0 radical (unpaired) electrons. The highest BCUT2D eigenvalue weighted by molar-refractivity contribution is 7.04. The molecule has 2 aromatic rings. The standard InChI is InChI=1S/C29H41NO5Si/c1-28(2,3)35-27(31)30-19-18-25(33-21-32-7)26(20-30)34-22-36(29(4,5)6,23-14-10-8-11-15-23)24-16-12-9-13-17-24/h8-17,20,25H,18-19,21-22H2,1-7H3. The molecule has 0 fully saturated rings. The number of methoxy groups -OCH3 is 1. The monoisotopic (exact) mass is 511 g/mol. The molecule has 2 aromatic carbocycles. The van der Waals surface area contributed by atoms with Crippen molar-refractivity contribution in [3.63, 3.8) is 0 Å². The normalized spacial score (nSPS) is 16.9. The lowest BCUT2D eigenvalue weighted by Gasteiger charge is -2.44. The summed E-state index contributed by atoms with van der Waals surface area (Å²) in [6, 6.07) is 21.4. The van der Waals surface area contributed by atoms with Crippen molar-refractivity contribution in [2.75, 3.05) is 26.7 Å². The van der Waals surface area contributed by atoms with Crippen LogP contribution in [0, 0.1) is 0 Å². The van der Waals surface area contributed by atoms with Crippen LogP contribution >= 0.6 is 0 Å². The molecule has 0 saturated carbocycles. The topological polar surface area (TPSA) is 57.2 Å². The maximum Gasteiger partial charge on any atom is 0.414 e. The van der Waals surface area contributed by atoms with E-state index in [9.17, 15) is 4.79 Å². The molecule has 36 heavy (non-hydrogen) atoms. The minimum absolute atomic E-state index is 0.0569. The first-order valence-corrected chi connectivity index (χ1v) is 14.7. The number of carbonyl (C=O) groups excluding carboxylic acids is 1. The zero-order valence-corrected chi connectivity index (χ0v) is 23.7. The Hall–Kier alpha value is -2.61. The van der Waals surface area contributed by atoms with Gasteiger partial charge in [0.25, 0.3) is 0 Å². The lowest BCUT2D eigenvalue weighted by molar-refractivity contribution is -0.0820. The first kappa shape index (κ1) is 28.0. The van der Waals surface area contributed by atoms with Crippen LogP contribution in [0.5, 0.6) is 0 Å². The highest BCUT2D eigenvalue weighted by atomic mass is 28.3. The summed E-state index contributed by atoms with van der Waals surface area (Å²) in [7, 11) is -0.866. The number of hydrogen-bond acceptors (Lipinski definition) is 5. The fourth-order valence-corrected chi connectivity index (χ4v) is 9.40. The zero-order chi connectivity index (χ0) is 26.4. The number of rotatable bonds is 8. The summed E-state index contributed by atoms with van der Waals surface area (Å²) in [5, 5.41) is 2.55. The van der Waals surface area contributed by atoms with Crippen molar-refractivity contribution < 1.29 is 23.7 Å². The van der Waals surface area contributed by atoms with E-state index in [-0.39, 0.29) is 24.0 Å². The van der Waals surface area contributed by atoms with Crippen molar-refractivity contribution in [2.24, 2.45) is 0 Å². The molecule has 0 spiro atoms. The molecule has 0 saturated heterocycles. The number of nitrogens with zero attached hydrogens (tertiary/aromatic N) is 1. The Balaban J connectivity index is 2.01. The van der Waals surface area contributed by atoms with Gasteiger partial charge in [0.15, 0.2) is 8.07 Å². The largest absolute Gasteiger partial charge is 0.496 e. The second kappa shape index (κ2) is 11.6. The lowest BCUT2D eigenvalue weighted by Crippen LogP contribution is -2.67. The molecule has 0 aromatic heterocycles. The van der Waals surface area contributed by atoms with Crippen LogP contribution in [0.25, 0.3) is 0 Å². The highest BCUT2D eigenvalue weighted by Crippen LogP contribution is 2.37. The van der Waals surface area contributed by atoms with E-state index in [0.717, 1.165) is 0 Å². The van der Waals surface area contributed by atoms with Crippen LogP contribution in [0.3, 0.4) is 0 Å². The number of carbonyl (C=O) groups is 1. The van der Waals surface area contributed by atoms with Crippen molar-refractivity contribution in [3.8, 4) is 0 Å². The summed E-state index contributed by atoms with van der Waals surface area (Å²) in [6.45, 7) is 13.1. The SMILES string of the molecule is COCOC1CCN(C(=O)OC(C)(C)C)C=C1OC[Si](c1ccccc1)(c1ccccc1)C(C)(C)C. The molecule has 3 rings (SSSR count). The Morgan fingerprint density at radius 2 is 1.50 bits per heavy atom. The van der Waals surface area contributed by atoms with Gasteiger partial charge in [-0.3, -0.25) is 4.90 Å². The van der Waals surface area contributed by atoms with E-state index in [4.69, 9.17) is 18.9 Å². The molecule has 1 aliphatic rings. The number of hydrogen-bond donors (Lipinski definition) is 0. The van der Waals surface area contributed by atoms with Gasteiger partial charge in [0.2, 0.25) is 0 Å². The van der Waals surface area contributed by atoms with E-state index in [1.807, 2.05) is 32.9 Å². The van der Waals surface area contributed by atoms with Gasteiger partial charge in [-0.05, 0) is 42.6 Å². The van der Waals surface area contributed by atoms with Crippen molar-refractivity contribution >= 4 is 24.5 Å². The van der Waals surface area contributed by atoms with Crippen LogP contribution in [-0.2, 0) is 18.9 Å². The minimum atomic E-state index is -2.47. The maximum atomic E-state index is 12.8. The second-order valence-corrected chi connectivity index (χ2v) is 16.0. The predicted molar refractivity (Wildman–Crippen MR) is 146 cm³/mol. The van der Waals surface area contributed by atoms with Gasteiger partial charge < -0.3 is 18.9 Å². The Bertz CT molecular complexity index is 972. The fraction of sp³-hybridized carbons (Fsp3) is 0.483. The third-order valence-corrected chi connectivity index (χ3v) is 12.3. The van der Waals surface area contributed by atoms with Crippen LogP contribution in [0.15, 0.2) is 72.6 Å². The average molecular weight is 512 g/mol. The molecule has 196 valence electrons.